The molecule has 1 rings (SSSR count). The van der Waals surface area contributed by atoms with Gasteiger partial charge in [-0.2, -0.15) is 0 Å². The first-order valence-electron chi connectivity index (χ1n) is 5.48. The minimum absolute atomic E-state index is 0.0587. The Morgan fingerprint density at radius 3 is 2.21 bits per heavy atom. The molecule has 0 aliphatic heterocycles. The molecule has 0 radical (unpaired) electrons. The van der Waals surface area contributed by atoms with Crippen LogP contribution in [0, 0.1) is 0 Å². The smallest absolute Gasteiger partial charge is 0.335 e. The van der Waals surface area contributed by atoms with Gasteiger partial charge in [-0.3, -0.25) is 0 Å². The summed E-state index contributed by atoms with van der Waals surface area (Å²) < 4.78 is 10.1. The topological polar surface area (TPSA) is 96.2 Å². The molecule has 0 heterocycles. The summed E-state index contributed by atoms with van der Waals surface area (Å²) in [6.07, 6.45) is 5.73. The maximum absolute atomic E-state index is 10.9. The van der Waals surface area contributed by atoms with Crippen molar-refractivity contribution in [3.63, 3.8) is 0 Å². The average molecular weight is 268 g/mol. The first-order valence-corrected chi connectivity index (χ1v) is 5.48. The van der Waals surface area contributed by atoms with E-state index in [9.17, 15) is 15.0 Å². The van der Waals surface area contributed by atoms with Crippen molar-refractivity contribution in [2.45, 2.75) is 11.6 Å². The van der Waals surface area contributed by atoms with Crippen LogP contribution in [0.25, 0.3) is 0 Å². The number of carbonyl (C=O) groups is 1. The van der Waals surface area contributed by atoms with Gasteiger partial charge in [0.15, 0.2) is 0 Å². The number of hydrogen-bond donors (Lipinski definition) is 3. The van der Waals surface area contributed by atoms with Crippen LogP contribution in [0.4, 0.5) is 0 Å². The van der Waals surface area contributed by atoms with Crippen molar-refractivity contribution in [2.75, 3.05) is 13.2 Å². The Morgan fingerprint density at radius 1 is 1.21 bits per heavy atom. The molecule has 0 aromatic heterocycles. The zero-order chi connectivity index (χ0) is 14.5. The third-order valence-corrected chi connectivity index (χ3v) is 2.44. The van der Waals surface area contributed by atoms with Crippen LogP contribution < -0.4 is 0 Å². The van der Waals surface area contributed by atoms with Gasteiger partial charge in [0.1, 0.15) is 0 Å². The van der Waals surface area contributed by atoms with E-state index < -0.39 is 17.5 Å². The summed E-state index contributed by atoms with van der Waals surface area (Å²) in [4.78, 5) is 10.9. The predicted molar refractivity (Wildman–Crippen MR) is 67.1 cm³/mol. The first kappa shape index (κ1) is 15.3. The van der Waals surface area contributed by atoms with Gasteiger partial charge in [0.2, 0.25) is 11.6 Å². The lowest BCUT2D eigenvalue weighted by molar-refractivity contribution is -0.337. The van der Waals surface area contributed by atoms with E-state index in [1.807, 2.05) is 0 Å². The van der Waals surface area contributed by atoms with Crippen LogP contribution in [0.2, 0.25) is 0 Å². The summed E-state index contributed by atoms with van der Waals surface area (Å²) in [5, 5.41) is 29.4. The summed E-state index contributed by atoms with van der Waals surface area (Å²) in [5.74, 6) is -5.79. The van der Waals surface area contributed by atoms with Gasteiger partial charge in [-0.1, -0.05) is 12.2 Å². The van der Waals surface area contributed by atoms with E-state index in [0.717, 1.165) is 18.2 Å². The molecule has 0 spiro atoms. The van der Waals surface area contributed by atoms with Gasteiger partial charge < -0.3 is 24.8 Å². The number of aliphatic hydroxyl groups is 2. The summed E-state index contributed by atoms with van der Waals surface area (Å²) in [6.45, 7) is 6.67. The molecule has 0 bridgehead atoms. The standard InChI is InChI=1S/C13H16O6/c1-3-7-18-12(16)6-5-10(11(14)15)9-13(12,17)19-8-4-2/h3-6,9,16-17H,1-2,7-8H2,(H,14,15). The van der Waals surface area contributed by atoms with Crippen molar-refractivity contribution in [3.05, 3.63) is 49.1 Å². The van der Waals surface area contributed by atoms with Gasteiger partial charge in [-0.25, -0.2) is 4.79 Å². The van der Waals surface area contributed by atoms with Crippen LogP contribution in [-0.2, 0) is 14.3 Å². The van der Waals surface area contributed by atoms with Crippen LogP contribution in [-0.4, -0.2) is 46.1 Å². The van der Waals surface area contributed by atoms with Gasteiger partial charge in [-0.15, -0.1) is 13.2 Å². The molecule has 1 aliphatic carbocycles. The minimum Gasteiger partial charge on any atom is -0.478 e. The summed E-state index contributed by atoms with van der Waals surface area (Å²) in [5.41, 5.74) is -0.224. The fourth-order valence-electron chi connectivity index (χ4n) is 1.49. The van der Waals surface area contributed by atoms with Gasteiger partial charge in [0.05, 0.1) is 18.8 Å². The number of ether oxygens (including phenoxy) is 2. The van der Waals surface area contributed by atoms with E-state index in [4.69, 9.17) is 14.6 Å². The second kappa shape index (κ2) is 5.94. The van der Waals surface area contributed by atoms with Gasteiger partial charge in [0, 0.05) is 0 Å². The molecule has 2 atom stereocenters. The molecule has 104 valence electrons. The highest BCUT2D eigenvalue weighted by molar-refractivity contribution is 5.90. The fourth-order valence-corrected chi connectivity index (χ4v) is 1.49. The van der Waals surface area contributed by atoms with Crippen molar-refractivity contribution in [1.29, 1.82) is 0 Å². The predicted octanol–water partition coefficient (Wildman–Crippen LogP) is 0.350. The molecule has 0 fully saturated rings. The normalized spacial score (nSPS) is 29.7. The monoisotopic (exact) mass is 268 g/mol. The van der Waals surface area contributed by atoms with Crippen molar-refractivity contribution >= 4 is 5.97 Å². The lowest BCUT2D eigenvalue weighted by atomic mass is 9.95. The number of hydrogen-bond acceptors (Lipinski definition) is 5. The lowest BCUT2D eigenvalue weighted by Gasteiger charge is -2.40. The highest BCUT2D eigenvalue weighted by Crippen LogP contribution is 2.33. The molecule has 6 heteroatoms. The molecule has 0 aromatic rings. The van der Waals surface area contributed by atoms with E-state index in [0.29, 0.717) is 0 Å². The highest BCUT2D eigenvalue weighted by atomic mass is 16.7. The van der Waals surface area contributed by atoms with Crippen molar-refractivity contribution in [2.24, 2.45) is 0 Å². The minimum atomic E-state index is -2.33. The van der Waals surface area contributed by atoms with Crippen LogP contribution in [0.3, 0.4) is 0 Å². The van der Waals surface area contributed by atoms with Gasteiger partial charge in [-0.05, 0) is 18.2 Å². The first-order chi connectivity index (χ1) is 8.88. The number of rotatable bonds is 7. The third kappa shape index (κ3) is 3.18. The van der Waals surface area contributed by atoms with E-state index in [1.165, 1.54) is 12.2 Å². The molecule has 0 amide bonds. The van der Waals surface area contributed by atoms with Crippen LogP contribution >= 0.6 is 0 Å². The molecule has 0 aromatic carbocycles. The van der Waals surface area contributed by atoms with Crippen molar-refractivity contribution in [1.82, 2.24) is 0 Å². The average Bonchev–Trinajstić information content (AvgIpc) is 2.37. The molecule has 1 aliphatic rings. The number of carboxylic acids is 1. The lowest BCUT2D eigenvalue weighted by Crippen LogP contribution is -2.57. The zero-order valence-electron chi connectivity index (χ0n) is 10.3. The van der Waals surface area contributed by atoms with Crippen molar-refractivity contribution in [3.8, 4) is 0 Å². The molecule has 6 nitrogen and oxygen atoms in total. The Hall–Kier alpha value is -1.73. The van der Waals surface area contributed by atoms with E-state index in [1.54, 1.807) is 0 Å². The van der Waals surface area contributed by atoms with E-state index >= 15 is 0 Å². The Kier molecular flexibility index (Phi) is 4.79. The molecule has 2 unspecified atom stereocenters. The quantitative estimate of drug-likeness (QED) is 0.455. The Labute approximate surface area is 110 Å². The molecule has 19 heavy (non-hydrogen) atoms. The fraction of sp³-hybridized carbons (Fsp3) is 0.308. The molecule has 3 N–H and O–H groups in total. The van der Waals surface area contributed by atoms with E-state index in [2.05, 4.69) is 13.2 Å². The Morgan fingerprint density at radius 2 is 1.74 bits per heavy atom. The molecule has 0 saturated heterocycles. The molecule has 0 saturated carbocycles. The summed E-state index contributed by atoms with van der Waals surface area (Å²) in [6, 6.07) is 0. The second-order valence-corrected chi connectivity index (χ2v) is 3.83. The number of aliphatic carboxylic acids is 1. The third-order valence-electron chi connectivity index (χ3n) is 2.44. The van der Waals surface area contributed by atoms with Gasteiger partial charge in [0.25, 0.3) is 0 Å². The van der Waals surface area contributed by atoms with Crippen LogP contribution in [0.15, 0.2) is 49.1 Å². The maximum atomic E-state index is 10.9. The molecular weight excluding hydrogens is 252 g/mol. The van der Waals surface area contributed by atoms with Gasteiger partial charge >= 0.3 is 5.97 Å². The highest BCUT2D eigenvalue weighted by Gasteiger charge is 2.51. The Bertz CT molecular complexity index is 438. The largest absolute Gasteiger partial charge is 0.478 e. The number of carboxylic acid groups (broad SMARTS) is 1. The summed E-state index contributed by atoms with van der Waals surface area (Å²) in [7, 11) is 0. The second-order valence-electron chi connectivity index (χ2n) is 3.83. The van der Waals surface area contributed by atoms with E-state index in [-0.39, 0.29) is 18.8 Å². The van der Waals surface area contributed by atoms with Crippen LogP contribution in [0.1, 0.15) is 0 Å². The maximum Gasteiger partial charge on any atom is 0.335 e. The summed E-state index contributed by atoms with van der Waals surface area (Å²) >= 11 is 0. The SMILES string of the molecule is C=CCOC1(O)C=CC(C(=O)O)=CC1(O)OCC=C. The zero-order valence-corrected chi connectivity index (χ0v) is 10.3. The Balaban J connectivity index is 3.11. The van der Waals surface area contributed by atoms with Crippen molar-refractivity contribution < 1.29 is 29.6 Å². The van der Waals surface area contributed by atoms with Crippen LogP contribution in [0.5, 0.6) is 0 Å². The molecular formula is C13H16O6.